The summed E-state index contributed by atoms with van der Waals surface area (Å²) in [6, 6.07) is 4.42. The average molecular weight is 663 g/mol. The lowest BCUT2D eigenvalue weighted by Crippen LogP contribution is -2.56. The molecule has 15 heteroatoms. The maximum atomic E-state index is 15.0. The van der Waals surface area contributed by atoms with Crippen LogP contribution in [0.25, 0.3) is 11.0 Å². The molecule has 2 fully saturated rings. The van der Waals surface area contributed by atoms with Crippen LogP contribution in [0.2, 0.25) is 0 Å². The van der Waals surface area contributed by atoms with Gasteiger partial charge in [-0.3, -0.25) is 9.59 Å². The van der Waals surface area contributed by atoms with Gasteiger partial charge < -0.3 is 34.5 Å². The number of rotatable bonds is 7. The van der Waals surface area contributed by atoms with Gasteiger partial charge in [0.15, 0.2) is 0 Å². The molecular formula is C32H35F5N6O4. The van der Waals surface area contributed by atoms with Crippen LogP contribution < -0.4 is 15.4 Å². The number of benzene rings is 2. The summed E-state index contributed by atoms with van der Waals surface area (Å²) in [4.78, 5) is 33.7. The van der Waals surface area contributed by atoms with E-state index in [-0.39, 0.29) is 58.2 Å². The maximum Gasteiger partial charge on any atom is 0.406 e. The number of hydrogen-bond acceptors (Lipinski definition) is 7. The fourth-order valence-corrected chi connectivity index (χ4v) is 5.88. The van der Waals surface area contributed by atoms with Crippen LogP contribution in [0.1, 0.15) is 33.2 Å². The molecule has 47 heavy (non-hydrogen) atoms. The van der Waals surface area contributed by atoms with Crippen LogP contribution in [0.15, 0.2) is 30.6 Å². The minimum absolute atomic E-state index is 0.0262. The Labute approximate surface area is 268 Å². The van der Waals surface area contributed by atoms with Gasteiger partial charge in [-0.2, -0.15) is 13.2 Å². The third-order valence-electron chi connectivity index (χ3n) is 8.12. The zero-order valence-electron chi connectivity index (χ0n) is 26.1. The molecule has 252 valence electrons. The molecule has 0 bridgehead atoms. The van der Waals surface area contributed by atoms with Crippen LogP contribution in [-0.4, -0.2) is 110 Å². The molecule has 3 heterocycles. The standard InChI is InChI=1S/C32H35F5N6O4/c1-19-15-41(2)16-24(34)28(19)40-30(44)22-11-20(12-26-29(22)39-18-43(26)17-32(35,36)37)5-4-6-38-25-14-23(33)21(13-27(25)46-3)31(45)42-7-9-47-10-8-42/h11-14,18-19,24,28,38H,6-10,15-17H2,1-3H3,(H,40,44). The quantitative estimate of drug-likeness (QED) is 0.294. The van der Waals surface area contributed by atoms with Gasteiger partial charge in [0.25, 0.3) is 11.8 Å². The Balaban J connectivity index is 1.38. The number of halogens is 5. The van der Waals surface area contributed by atoms with Crippen molar-refractivity contribution in [1.29, 1.82) is 0 Å². The Morgan fingerprint density at radius 3 is 2.55 bits per heavy atom. The predicted octanol–water partition coefficient (Wildman–Crippen LogP) is 3.70. The van der Waals surface area contributed by atoms with E-state index >= 15 is 4.39 Å². The summed E-state index contributed by atoms with van der Waals surface area (Å²) in [6.07, 6.45) is -4.89. The number of nitrogens with zero attached hydrogens (tertiary/aromatic N) is 4. The molecule has 2 amide bonds. The van der Waals surface area contributed by atoms with Crippen molar-refractivity contribution in [2.75, 3.05) is 65.4 Å². The van der Waals surface area contributed by atoms with Gasteiger partial charge >= 0.3 is 6.18 Å². The van der Waals surface area contributed by atoms with Gasteiger partial charge in [-0.05, 0) is 31.2 Å². The van der Waals surface area contributed by atoms with Gasteiger partial charge in [-0.25, -0.2) is 13.8 Å². The molecule has 2 N–H and O–H groups in total. The highest BCUT2D eigenvalue weighted by Crippen LogP contribution is 2.29. The fraction of sp³-hybridized carbons (Fsp3) is 0.469. The average Bonchev–Trinajstić information content (AvgIpc) is 3.41. The normalized spacial score (nSPS) is 20.4. The van der Waals surface area contributed by atoms with Gasteiger partial charge in [0.05, 0.1) is 61.6 Å². The first-order valence-electron chi connectivity index (χ1n) is 15.0. The van der Waals surface area contributed by atoms with Crippen LogP contribution in [0.5, 0.6) is 5.75 Å². The van der Waals surface area contributed by atoms with Gasteiger partial charge in [0.1, 0.15) is 29.8 Å². The van der Waals surface area contributed by atoms with E-state index in [1.165, 1.54) is 30.2 Å². The molecule has 3 unspecified atom stereocenters. The summed E-state index contributed by atoms with van der Waals surface area (Å²) in [7, 11) is 3.15. The van der Waals surface area contributed by atoms with E-state index in [1.54, 1.807) is 7.05 Å². The summed E-state index contributed by atoms with van der Waals surface area (Å²) in [5.41, 5.74) is 0.311. The van der Waals surface area contributed by atoms with E-state index in [0.717, 1.165) is 17.0 Å². The number of anilines is 1. The van der Waals surface area contributed by atoms with E-state index in [0.29, 0.717) is 32.8 Å². The second-order valence-electron chi connectivity index (χ2n) is 11.7. The third-order valence-corrected chi connectivity index (χ3v) is 8.12. The molecule has 5 rings (SSSR count). The number of methoxy groups -OCH3 is 1. The molecule has 2 aliphatic rings. The molecule has 2 saturated heterocycles. The number of aromatic nitrogens is 2. The number of nitrogens with one attached hydrogen (secondary N) is 2. The minimum Gasteiger partial charge on any atom is -0.495 e. The van der Waals surface area contributed by atoms with Crippen LogP contribution in [0.3, 0.4) is 0 Å². The number of carbonyl (C=O) groups excluding carboxylic acids is 2. The highest BCUT2D eigenvalue weighted by molar-refractivity contribution is 6.05. The van der Waals surface area contributed by atoms with Crippen molar-refractivity contribution in [3.05, 3.63) is 53.1 Å². The smallest absolute Gasteiger partial charge is 0.406 e. The lowest BCUT2D eigenvalue weighted by Gasteiger charge is -2.37. The summed E-state index contributed by atoms with van der Waals surface area (Å²) >= 11 is 0. The first-order valence-corrected chi connectivity index (χ1v) is 15.0. The Kier molecular flexibility index (Phi) is 10.2. The van der Waals surface area contributed by atoms with Crippen molar-refractivity contribution in [2.24, 2.45) is 5.92 Å². The van der Waals surface area contributed by atoms with Crippen molar-refractivity contribution in [3.63, 3.8) is 0 Å². The summed E-state index contributed by atoms with van der Waals surface area (Å²) < 4.78 is 81.4. The van der Waals surface area contributed by atoms with Gasteiger partial charge in [0.2, 0.25) is 0 Å². The Bertz CT molecular complexity index is 1680. The molecule has 3 aromatic rings. The molecule has 2 aliphatic heterocycles. The molecule has 1 aromatic heterocycles. The van der Waals surface area contributed by atoms with E-state index < -0.39 is 42.6 Å². The fourth-order valence-electron chi connectivity index (χ4n) is 5.88. The number of alkyl halides is 4. The largest absolute Gasteiger partial charge is 0.495 e. The Hall–Kier alpha value is -4.42. The first kappa shape index (κ1) is 33.9. The van der Waals surface area contributed by atoms with Crippen molar-refractivity contribution < 1.29 is 41.0 Å². The summed E-state index contributed by atoms with van der Waals surface area (Å²) in [6.45, 7) is 2.52. The predicted molar refractivity (Wildman–Crippen MR) is 164 cm³/mol. The second-order valence-corrected chi connectivity index (χ2v) is 11.7. The number of piperidine rings is 1. The topological polar surface area (TPSA) is 101 Å². The lowest BCUT2D eigenvalue weighted by atomic mass is 9.92. The molecule has 2 aromatic carbocycles. The summed E-state index contributed by atoms with van der Waals surface area (Å²) in [5.74, 6) is 3.73. The van der Waals surface area contributed by atoms with Crippen LogP contribution in [0, 0.1) is 23.6 Å². The molecule has 10 nitrogen and oxygen atoms in total. The molecular weight excluding hydrogens is 627 g/mol. The first-order chi connectivity index (χ1) is 22.3. The lowest BCUT2D eigenvalue weighted by molar-refractivity contribution is -0.140. The van der Waals surface area contributed by atoms with E-state index in [1.807, 2.05) is 11.8 Å². The second kappa shape index (κ2) is 14.1. The van der Waals surface area contributed by atoms with Crippen molar-refractivity contribution in [2.45, 2.75) is 31.9 Å². The van der Waals surface area contributed by atoms with Crippen LogP contribution >= 0.6 is 0 Å². The number of likely N-dealkylation sites (tertiary alicyclic amines) is 1. The number of ether oxygens (including phenoxy) is 2. The zero-order chi connectivity index (χ0) is 33.9. The van der Waals surface area contributed by atoms with Crippen molar-refractivity contribution in [1.82, 2.24) is 24.7 Å². The van der Waals surface area contributed by atoms with E-state index in [2.05, 4.69) is 27.5 Å². The third kappa shape index (κ3) is 7.94. The minimum atomic E-state index is -4.55. The number of hydrogen-bond donors (Lipinski definition) is 2. The Morgan fingerprint density at radius 1 is 1.13 bits per heavy atom. The Morgan fingerprint density at radius 2 is 1.87 bits per heavy atom. The van der Waals surface area contributed by atoms with E-state index in [9.17, 15) is 27.2 Å². The molecule has 0 spiro atoms. The molecule has 0 saturated carbocycles. The summed E-state index contributed by atoms with van der Waals surface area (Å²) in [5, 5.41) is 5.64. The molecule has 0 aliphatic carbocycles. The van der Waals surface area contributed by atoms with Crippen LogP contribution in [-0.2, 0) is 11.3 Å². The monoisotopic (exact) mass is 662 g/mol. The number of morpholine rings is 1. The zero-order valence-corrected chi connectivity index (χ0v) is 26.1. The highest BCUT2D eigenvalue weighted by atomic mass is 19.4. The van der Waals surface area contributed by atoms with Gasteiger partial charge in [-0.15, -0.1) is 0 Å². The number of imidazole rings is 1. The number of amides is 2. The van der Waals surface area contributed by atoms with Gasteiger partial charge in [-0.1, -0.05) is 18.8 Å². The van der Waals surface area contributed by atoms with Crippen molar-refractivity contribution >= 4 is 28.5 Å². The van der Waals surface area contributed by atoms with E-state index in [4.69, 9.17) is 9.47 Å². The highest BCUT2D eigenvalue weighted by Gasteiger charge is 2.35. The molecule has 0 radical (unpaired) electrons. The number of carbonyl (C=O) groups is 2. The molecule has 3 atom stereocenters. The number of fused-ring (bicyclic) bond motifs is 1. The SMILES string of the molecule is COc1cc(C(=O)N2CCOCC2)c(F)cc1NCC#Cc1cc(C(=O)NC2C(C)CN(C)CC2F)c2ncn(CC(F)(F)F)c2c1. The maximum absolute atomic E-state index is 15.0. The van der Waals surface area contributed by atoms with Gasteiger partial charge in [0, 0.05) is 37.8 Å². The van der Waals surface area contributed by atoms with Crippen molar-refractivity contribution in [3.8, 4) is 17.6 Å². The van der Waals surface area contributed by atoms with Crippen LogP contribution in [0.4, 0.5) is 27.6 Å².